The number of hydrogen-bond donors (Lipinski definition) is 3. The van der Waals surface area contributed by atoms with Gasteiger partial charge >= 0.3 is 6.09 Å². The maximum Gasteiger partial charge on any atom is 0.406 e. The Morgan fingerprint density at radius 2 is 2.29 bits per heavy atom. The molecule has 0 aromatic heterocycles. The number of nitrogens with one attached hydrogen (secondary N) is 2. The number of methoxy groups -OCH3 is 1. The smallest absolute Gasteiger partial charge is 0.406 e. The van der Waals surface area contributed by atoms with Gasteiger partial charge in [0.25, 0.3) is 0 Å². The molecule has 6 nitrogen and oxygen atoms in total. The average molecular weight is 309 g/mol. The molecule has 1 aliphatic heterocycles. The molecule has 0 saturated heterocycles. The number of anilines is 1. The summed E-state index contributed by atoms with van der Waals surface area (Å²) in [4.78, 5) is 25.8. The molecule has 0 unspecified atom stereocenters. The minimum atomic E-state index is -0.442. The highest BCUT2D eigenvalue weighted by Gasteiger charge is 2.33. The molecule has 0 saturated carbocycles. The number of benzene rings is 1. The zero-order chi connectivity index (χ0) is 15.4. The lowest BCUT2D eigenvalue weighted by molar-refractivity contribution is -0.120. The summed E-state index contributed by atoms with van der Waals surface area (Å²) in [7, 11) is 3.23. The molecule has 1 heterocycles. The summed E-state index contributed by atoms with van der Waals surface area (Å²) in [5.41, 5.74) is 1.78. The van der Waals surface area contributed by atoms with Gasteiger partial charge in [0.15, 0.2) is 0 Å². The van der Waals surface area contributed by atoms with Crippen LogP contribution in [0.5, 0.6) is 0 Å². The molecule has 0 bridgehead atoms. The van der Waals surface area contributed by atoms with Gasteiger partial charge in [-0.3, -0.25) is 9.69 Å². The monoisotopic (exact) mass is 309 g/mol. The first-order valence-corrected chi connectivity index (χ1v) is 7.13. The van der Waals surface area contributed by atoms with Crippen LogP contribution in [0, 0.1) is 0 Å². The number of likely N-dealkylation sites (N-methyl/N-ethyl adjacent to an activating group) is 1. The summed E-state index contributed by atoms with van der Waals surface area (Å²) in [6.45, 7) is 1.19. The predicted molar refractivity (Wildman–Crippen MR) is 82.7 cm³/mol. The van der Waals surface area contributed by atoms with E-state index in [1.165, 1.54) is 7.11 Å². The van der Waals surface area contributed by atoms with E-state index >= 15 is 0 Å². The summed E-state index contributed by atoms with van der Waals surface area (Å²) in [6.07, 6.45) is 0.290. The van der Waals surface area contributed by atoms with E-state index in [-0.39, 0.29) is 11.9 Å². The zero-order valence-electron chi connectivity index (χ0n) is 12.0. The Balaban J connectivity index is 1.93. The molecule has 1 aromatic carbocycles. The Morgan fingerprint density at radius 3 is 3.00 bits per heavy atom. The topological polar surface area (TPSA) is 70.7 Å². The van der Waals surface area contributed by atoms with Crippen LogP contribution in [0.15, 0.2) is 23.1 Å². The highest BCUT2D eigenvalue weighted by Crippen LogP contribution is 2.35. The van der Waals surface area contributed by atoms with Crippen LogP contribution in [0.3, 0.4) is 0 Å². The highest BCUT2D eigenvalue weighted by atomic mass is 32.1. The lowest BCUT2D eigenvalue weighted by Gasteiger charge is -2.22. The second-order valence-electron chi connectivity index (χ2n) is 4.92. The summed E-state index contributed by atoms with van der Waals surface area (Å²) < 4.78 is 4.50. The summed E-state index contributed by atoms with van der Waals surface area (Å²) in [5.74, 6) is -0.0349. The van der Waals surface area contributed by atoms with E-state index < -0.39 is 6.09 Å². The first-order chi connectivity index (χ1) is 10.0. The van der Waals surface area contributed by atoms with Crippen molar-refractivity contribution in [1.82, 2.24) is 10.2 Å². The number of amides is 2. The van der Waals surface area contributed by atoms with Gasteiger partial charge < -0.3 is 15.4 Å². The van der Waals surface area contributed by atoms with E-state index in [1.54, 1.807) is 0 Å². The normalized spacial score (nSPS) is 16.6. The molecule has 1 aromatic rings. The molecule has 0 fully saturated rings. The van der Waals surface area contributed by atoms with Crippen molar-refractivity contribution in [1.29, 1.82) is 0 Å². The van der Waals surface area contributed by atoms with Crippen LogP contribution in [-0.2, 0) is 9.53 Å². The number of carbonyl (C=O) groups excluding carboxylic acids is 2. The lowest BCUT2D eigenvalue weighted by Crippen LogP contribution is -2.33. The van der Waals surface area contributed by atoms with Crippen LogP contribution in [0.4, 0.5) is 10.5 Å². The molecular weight excluding hydrogens is 290 g/mol. The van der Waals surface area contributed by atoms with E-state index in [9.17, 15) is 9.59 Å². The SMILES string of the molecule is COC(=O)NCCCN(C)[C@@H]1C(=O)Nc2cc(S)ccc21. The van der Waals surface area contributed by atoms with Gasteiger partial charge in [0, 0.05) is 29.2 Å². The highest BCUT2D eigenvalue weighted by molar-refractivity contribution is 7.80. The molecule has 2 N–H and O–H groups in total. The van der Waals surface area contributed by atoms with Gasteiger partial charge in [-0.05, 0) is 25.6 Å². The fourth-order valence-electron chi connectivity index (χ4n) is 2.39. The van der Waals surface area contributed by atoms with Crippen molar-refractivity contribution in [2.45, 2.75) is 17.4 Å². The first-order valence-electron chi connectivity index (χ1n) is 6.68. The van der Waals surface area contributed by atoms with Crippen LogP contribution < -0.4 is 10.6 Å². The summed E-state index contributed by atoms with van der Waals surface area (Å²) in [5, 5.41) is 5.49. The maximum atomic E-state index is 12.1. The third-order valence-corrected chi connectivity index (χ3v) is 3.70. The minimum absolute atomic E-state index is 0.0349. The van der Waals surface area contributed by atoms with Gasteiger partial charge in [-0.1, -0.05) is 6.07 Å². The Morgan fingerprint density at radius 1 is 1.52 bits per heavy atom. The minimum Gasteiger partial charge on any atom is -0.453 e. The third kappa shape index (κ3) is 3.68. The van der Waals surface area contributed by atoms with Crippen molar-refractivity contribution in [2.24, 2.45) is 0 Å². The Bertz CT molecular complexity index is 550. The molecule has 114 valence electrons. The van der Waals surface area contributed by atoms with Gasteiger partial charge in [-0.15, -0.1) is 12.6 Å². The summed E-state index contributed by atoms with van der Waals surface area (Å²) >= 11 is 4.27. The molecule has 2 rings (SSSR count). The Kier molecular flexibility index (Phi) is 5.08. The van der Waals surface area contributed by atoms with Gasteiger partial charge in [0.05, 0.1) is 7.11 Å². The van der Waals surface area contributed by atoms with Crippen LogP contribution in [-0.4, -0.2) is 44.1 Å². The quantitative estimate of drug-likeness (QED) is 0.571. The van der Waals surface area contributed by atoms with E-state index in [0.29, 0.717) is 13.1 Å². The molecule has 1 aliphatic rings. The number of hydrogen-bond acceptors (Lipinski definition) is 5. The second kappa shape index (κ2) is 6.82. The number of rotatable bonds is 5. The van der Waals surface area contributed by atoms with E-state index in [2.05, 4.69) is 28.0 Å². The molecule has 2 amide bonds. The fourth-order valence-corrected chi connectivity index (χ4v) is 2.59. The fraction of sp³-hybridized carbons (Fsp3) is 0.429. The number of carbonyl (C=O) groups is 2. The van der Waals surface area contributed by atoms with Crippen LogP contribution in [0.1, 0.15) is 18.0 Å². The molecule has 21 heavy (non-hydrogen) atoms. The van der Waals surface area contributed by atoms with E-state index in [4.69, 9.17) is 0 Å². The molecule has 0 radical (unpaired) electrons. The molecule has 0 aliphatic carbocycles. The second-order valence-corrected chi connectivity index (χ2v) is 5.43. The zero-order valence-corrected chi connectivity index (χ0v) is 12.9. The van der Waals surface area contributed by atoms with Crippen molar-refractivity contribution in [3.63, 3.8) is 0 Å². The van der Waals surface area contributed by atoms with Crippen LogP contribution in [0.25, 0.3) is 0 Å². The maximum absolute atomic E-state index is 12.1. The molecule has 7 heteroatoms. The first kappa shape index (κ1) is 15.7. The number of ether oxygens (including phenoxy) is 1. The van der Waals surface area contributed by atoms with Crippen molar-refractivity contribution in [3.05, 3.63) is 23.8 Å². The number of thiol groups is 1. The van der Waals surface area contributed by atoms with Crippen LogP contribution in [0.2, 0.25) is 0 Å². The Labute approximate surface area is 129 Å². The van der Waals surface area contributed by atoms with E-state index in [1.807, 2.05) is 30.1 Å². The number of alkyl carbamates (subject to hydrolysis) is 1. The standard InChI is InChI=1S/C14H19N3O3S/c1-17(7-3-6-15-14(19)20-2)12-10-5-4-9(21)8-11(10)16-13(12)18/h4-5,8,12,21H,3,6-7H2,1-2H3,(H,15,19)(H,16,18)/t12-/m0/s1. The van der Waals surface area contributed by atoms with Crippen molar-refractivity contribution < 1.29 is 14.3 Å². The number of nitrogens with zero attached hydrogens (tertiary/aromatic N) is 1. The van der Waals surface area contributed by atoms with Gasteiger partial charge in [-0.25, -0.2) is 4.79 Å². The largest absolute Gasteiger partial charge is 0.453 e. The van der Waals surface area contributed by atoms with Crippen molar-refractivity contribution >= 4 is 30.3 Å². The Hall–Kier alpha value is -1.73. The van der Waals surface area contributed by atoms with Gasteiger partial charge in [0.2, 0.25) is 5.91 Å². The lowest BCUT2D eigenvalue weighted by atomic mass is 10.1. The summed E-state index contributed by atoms with van der Waals surface area (Å²) in [6, 6.07) is 5.35. The number of fused-ring (bicyclic) bond motifs is 1. The third-order valence-electron chi connectivity index (χ3n) is 3.42. The van der Waals surface area contributed by atoms with Gasteiger partial charge in [-0.2, -0.15) is 0 Å². The predicted octanol–water partition coefficient (Wildman–Crippen LogP) is 1.65. The molecule has 1 atom stereocenters. The van der Waals surface area contributed by atoms with Crippen molar-refractivity contribution in [3.8, 4) is 0 Å². The van der Waals surface area contributed by atoms with Crippen molar-refractivity contribution in [2.75, 3.05) is 32.6 Å². The van der Waals surface area contributed by atoms with Crippen LogP contribution >= 0.6 is 12.6 Å². The average Bonchev–Trinajstić information content (AvgIpc) is 2.77. The van der Waals surface area contributed by atoms with Gasteiger partial charge in [0.1, 0.15) is 6.04 Å². The molecular formula is C14H19N3O3S. The molecule has 0 spiro atoms. The van der Waals surface area contributed by atoms with E-state index in [0.717, 1.165) is 22.6 Å².